The molecule has 5 heteroatoms. The maximum atomic E-state index is 12.2. The predicted molar refractivity (Wildman–Crippen MR) is 114 cm³/mol. The van der Waals surface area contributed by atoms with Crippen molar-refractivity contribution in [3.8, 4) is 33.1 Å². The minimum Gasteiger partial charge on any atom is -0.306 e. The Hall–Kier alpha value is -3.57. The third-order valence-corrected chi connectivity index (χ3v) is 5.70. The van der Waals surface area contributed by atoms with E-state index in [1.54, 1.807) is 17.5 Å². The molecule has 0 aliphatic heterocycles. The van der Waals surface area contributed by atoms with E-state index < -0.39 is 0 Å². The van der Waals surface area contributed by atoms with Gasteiger partial charge in [0.2, 0.25) is 0 Å². The van der Waals surface area contributed by atoms with Crippen LogP contribution >= 0.6 is 11.3 Å². The summed E-state index contributed by atoms with van der Waals surface area (Å²) in [7, 11) is 0. The zero-order valence-corrected chi connectivity index (χ0v) is 15.6. The van der Waals surface area contributed by atoms with Crippen LogP contribution in [0.4, 0.5) is 0 Å². The molecule has 0 aliphatic carbocycles. The first kappa shape index (κ1) is 16.6. The van der Waals surface area contributed by atoms with Crippen LogP contribution in [0.25, 0.3) is 43.2 Å². The SMILES string of the molecule is O=c1cc(-c2cncc(-c3cc4ccccc4s3)c2)nc(-c2ccccc2)[nH]1. The van der Waals surface area contributed by atoms with Gasteiger partial charge in [0, 0.05) is 44.7 Å². The minimum atomic E-state index is -0.184. The van der Waals surface area contributed by atoms with Crippen LogP contribution in [0.15, 0.2) is 90.0 Å². The molecule has 3 heterocycles. The Kier molecular flexibility index (Phi) is 4.07. The van der Waals surface area contributed by atoms with Gasteiger partial charge in [-0.15, -0.1) is 11.3 Å². The number of H-pyrrole nitrogens is 1. The van der Waals surface area contributed by atoms with E-state index in [-0.39, 0.29) is 5.56 Å². The van der Waals surface area contributed by atoms with Crippen molar-refractivity contribution >= 4 is 21.4 Å². The van der Waals surface area contributed by atoms with E-state index in [0.717, 1.165) is 21.6 Å². The van der Waals surface area contributed by atoms with Crippen LogP contribution in [-0.4, -0.2) is 15.0 Å². The first-order chi connectivity index (χ1) is 13.8. The molecule has 5 rings (SSSR count). The van der Waals surface area contributed by atoms with Crippen molar-refractivity contribution in [3.05, 3.63) is 95.5 Å². The maximum absolute atomic E-state index is 12.2. The van der Waals surface area contributed by atoms with Gasteiger partial charge in [0.1, 0.15) is 5.82 Å². The molecule has 0 amide bonds. The second-order valence-corrected chi connectivity index (χ2v) is 7.54. The second-order valence-electron chi connectivity index (χ2n) is 6.46. The highest BCUT2D eigenvalue weighted by Gasteiger charge is 2.10. The van der Waals surface area contributed by atoms with Crippen LogP contribution in [0, 0.1) is 0 Å². The van der Waals surface area contributed by atoms with Crippen LogP contribution in [-0.2, 0) is 0 Å². The number of fused-ring (bicyclic) bond motifs is 1. The average Bonchev–Trinajstić information content (AvgIpc) is 3.18. The first-order valence-corrected chi connectivity index (χ1v) is 9.69. The summed E-state index contributed by atoms with van der Waals surface area (Å²) in [6, 6.07) is 23.7. The van der Waals surface area contributed by atoms with Gasteiger partial charge in [-0.1, -0.05) is 48.5 Å². The summed E-state index contributed by atoms with van der Waals surface area (Å²) >= 11 is 1.73. The number of nitrogens with zero attached hydrogens (tertiary/aromatic N) is 2. The summed E-state index contributed by atoms with van der Waals surface area (Å²) < 4.78 is 1.24. The number of rotatable bonds is 3. The van der Waals surface area contributed by atoms with E-state index in [0.29, 0.717) is 11.5 Å². The smallest absolute Gasteiger partial charge is 0.251 e. The lowest BCUT2D eigenvalue weighted by atomic mass is 10.1. The van der Waals surface area contributed by atoms with Crippen molar-refractivity contribution < 1.29 is 0 Å². The number of aromatic amines is 1. The molecule has 0 saturated carbocycles. The Bertz CT molecular complexity index is 1310. The van der Waals surface area contributed by atoms with Crippen LogP contribution in [0.5, 0.6) is 0 Å². The third kappa shape index (κ3) is 3.12. The van der Waals surface area contributed by atoms with Crippen molar-refractivity contribution in [2.24, 2.45) is 0 Å². The highest BCUT2D eigenvalue weighted by Crippen LogP contribution is 2.34. The van der Waals surface area contributed by atoms with Gasteiger partial charge < -0.3 is 4.98 Å². The molecule has 0 bridgehead atoms. The topological polar surface area (TPSA) is 58.6 Å². The molecule has 0 atom stereocenters. The van der Waals surface area contributed by atoms with Crippen molar-refractivity contribution in [2.75, 3.05) is 0 Å². The monoisotopic (exact) mass is 381 g/mol. The Balaban J connectivity index is 1.60. The lowest BCUT2D eigenvalue weighted by Gasteiger charge is -2.06. The highest BCUT2D eigenvalue weighted by molar-refractivity contribution is 7.22. The molecule has 2 aromatic carbocycles. The molecule has 0 saturated heterocycles. The van der Waals surface area contributed by atoms with Crippen LogP contribution < -0.4 is 5.56 Å². The normalized spacial score (nSPS) is 11.0. The summed E-state index contributed by atoms with van der Waals surface area (Å²) in [6.45, 7) is 0. The van der Waals surface area contributed by atoms with Crippen LogP contribution in [0.2, 0.25) is 0 Å². The highest BCUT2D eigenvalue weighted by atomic mass is 32.1. The van der Waals surface area contributed by atoms with E-state index in [2.05, 4.69) is 33.2 Å². The molecular weight excluding hydrogens is 366 g/mol. The third-order valence-electron chi connectivity index (χ3n) is 4.53. The fraction of sp³-hybridized carbons (Fsp3) is 0. The largest absolute Gasteiger partial charge is 0.306 e. The predicted octanol–water partition coefficient (Wildman–Crippen LogP) is 5.38. The van der Waals surface area contributed by atoms with Crippen LogP contribution in [0.1, 0.15) is 0 Å². The molecule has 0 radical (unpaired) electrons. The maximum Gasteiger partial charge on any atom is 0.251 e. The molecular formula is C23H15N3OS. The summed E-state index contributed by atoms with van der Waals surface area (Å²) in [5, 5.41) is 1.22. The van der Waals surface area contributed by atoms with E-state index in [9.17, 15) is 4.79 Å². The Morgan fingerprint density at radius 1 is 0.786 bits per heavy atom. The minimum absolute atomic E-state index is 0.184. The quantitative estimate of drug-likeness (QED) is 0.456. The standard InChI is InChI=1S/C23H15N3OS/c27-22-12-19(25-23(26-22)15-6-2-1-3-7-15)17-10-18(14-24-13-17)21-11-16-8-4-5-9-20(16)28-21/h1-14H,(H,25,26,27). The van der Waals surface area contributed by atoms with Gasteiger partial charge in [0.15, 0.2) is 0 Å². The van der Waals surface area contributed by atoms with Crippen molar-refractivity contribution in [1.82, 2.24) is 15.0 Å². The van der Waals surface area contributed by atoms with Crippen LogP contribution in [0.3, 0.4) is 0 Å². The Labute approximate surface area is 165 Å². The number of hydrogen-bond donors (Lipinski definition) is 1. The fourth-order valence-electron chi connectivity index (χ4n) is 3.18. The number of aromatic nitrogens is 3. The van der Waals surface area contributed by atoms with E-state index in [1.807, 2.05) is 54.7 Å². The summed E-state index contributed by atoms with van der Waals surface area (Å²) in [5.41, 5.74) is 3.13. The number of pyridine rings is 1. The van der Waals surface area contributed by atoms with Gasteiger partial charge in [-0.3, -0.25) is 9.78 Å². The van der Waals surface area contributed by atoms with E-state index in [4.69, 9.17) is 0 Å². The lowest BCUT2D eigenvalue weighted by Crippen LogP contribution is -2.08. The lowest BCUT2D eigenvalue weighted by molar-refractivity contribution is 1.13. The van der Waals surface area contributed by atoms with Crippen molar-refractivity contribution in [2.45, 2.75) is 0 Å². The van der Waals surface area contributed by atoms with Gasteiger partial charge >= 0.3 is 0 Å². The molecule has 4 nitrogen and oxygen atoms in total. The molecule has 5 aromatic rings. The Morgan fingerprint density at radius 3 is 2.43 bits per heavy atom. The van der Waals surface area contributed by atoms with Gasteiger partial charge in [-0.2, -0.15) is 0 Å². The molecule has 0 fully saturated rings. The van der Waals surface area contributed by atoms with Crippen molar-refractivity contribution in [1.29, 1.82) is 0 Å². The van der Waals surface area contributed by atoms with Gasteiger partial charge in [-0.25, -0.2) is 4.98 Å². The average molecular weight is 381 g/mol. The van der Waals surface area contributed by atoms with Gasteiger partial charge in [0.25, 0.3) is 5.56 Å². The summed E-state index contributed by atoms with van der Waals surface area (Å²) in [6.07, 6.45) is 3.59. The molecule has 28 heavy (non-hydrogen) atoms. The number of thiophene rings is 1. The molecule has 1 N–H and O–H groups in total. The van der Waals surface area contributed by atoms with Crippen molar-refractivity contribution in [3.63, 3.8) is 0 Å². The Morgan fingerprint density at radius 2 is 1.57 bits per heavy atom. The molecule has 0 spiro atoms. The van der Waals surface area contributed by atoms with Gasteiger partial charge in [-0.05, 0) is 23.6 Å². The molecule has 134 valence electrons. The van der Waals surface area contributed by atoms with E-state index >= 15 is 0 Å². The number of benzene rings is 2. The molecule has 0 unspecified atom stereocenters. The fourth-order valence-corrected chi connectivity index (χ4v) is 4.22. The second kappa shape index (κ2) is 6.87. The first-order valence-electron chi connectivity index (χ1n) is 8.87. The summed E-state index contributed by atoms with van der Waals surface area (Å²) in [4.78, 5) is 25.2. The zero-order chi connectivity index (χ0) is 18.9. The van der Waals surface area contributed by atoms with E-state index in [1.165, 1.54) is 16.2 Å². The van der Waals surface area contributed by atoms with Gasteiger partial charge in [0.05, 0.1) is 5.69 Å². The molecule has 0 aliphatic rings. The number of hydrogen-bond acceptors (Lipinski definition) is 4. The zero-order valence-electron chi connectivity index (χ0n) is 14.8. The number of nitrogens with one attached hydrogen (secondary N) is 1. The summed E-state index contributed by atoms with van der Waals surface area (Å²) in [5.74, 6) is 0.551. The molecule has 3 aromatic heterocycles.